The van der Waals surface area contributed by atoms with Gasteiger partial charge in [-0.15, -0.1) is 0 Å². The van der Waals surface area contributed by atoms with E-state index in [1.54, 1.807) is 12.1 Å². The number of nitrogens with two attached hydrogens (primary N) is 1. The van der Waals surface area contributed by atoms with Crippen LogP contribution < -0.4 is 35.3 Å². The molecule has 2 aromatic rings. The third kappa shape index (κ3) is 5.12. The SMILES string of the molecule is Nc1c(Br)cc(N=Nc2ccc(S(=O)(=O)[O-])cc2)cc1Br.[Na+]. The van der Waals surface area contributed by atoms with Gasteiger partial charge in [-0.05, 0) is 68.3 Å². The summed E-state index contributed by atoms with van der Waals surface area (Å²) in [6.07, 6.45) is 0. The number of nitrogen functional groups attached to an aromatic ring is 1. The number of benzene rings is 2. The maximum atomic E-state index is 10.8. The summed E-state index contributed by atoms with van der Waals surface area (Å²) in [5, 5.41) is 7.97. The monoisotopic (exact) mass is 455 g/mol. The molecule has 0 unspecified atom stereocenters. The van der Waals surface area contributed by atoms with E-state index in [1.807, 2.05) is 0 Å². The molecule has 2 aromatic carbocycles. The predicted octanol–water partition coefficient (Wildman–Crippen LogP) is 1.12. The summed E-state index contributed by atoms with van der Waals surface area (Å²) in [5.74, 6) is 0. The molecule has 0 bridgehead atoms. The smallest absolute Gasteiger partial charge is 0.744 e. The summed E-state index contributed by atoms with van der Waals surface area (Å²) in [5.41, 5.74) is 7.30. The molecule has 2 rings (SSSR count). The van der Waals surface area contributed by atoms with Gasteiger partial charge in [0.25, 0.3) is 0 Å². The van der Waals surface area contributed by atoms with Crippen molar-refractivity contribution in [1.82, 2.24) is 0 Å². The first-order valence-corrected chi connectivity index (χ1v) is 8.49. The van der Waals surface area contributed by atoms with Crippen molar-refractivity contribution in [1.29, 1.82) is 0 Å². The minimum Gasteiger partial charge on any atom is -0.744 e. The number of hydrogen-bond acceptors (Lipinski definition) is 6. The second-order valence-corrected chi connectivity index (χ2v) is 7.06. The Balaban J connectivity index is 0.00000242. The molecule has 2 N–H and O–H groups in total. The van der Waals surface area contributed by atoms with Crippen LogP contribution >= 0.6 is 31.9 Å². The molecular formula is C12H8Br2N3NaO3S. The van der Waals surface area contributed by atoms with Crippen LogP contribution in [0.2, 0.25) is 0 Å². The maximum Gasteiger partial charge on any atom is 1.00 e. The zero-order valence-corrected chi connectivity index (χ0v) is 17.3. The number of rotatable bonds is 3. The van der Waals surface area contributed by atoms with Crippen LogP contribution in [0, 0.1) is 0 Å². The summed E-state index contributed by atoms with van der Waals surface area (Å²) >= 11 is 6.59. The Morgan fingerprint density at radius 1 is 0.955 bits per heavy atom. The standard InChI is InChI=1S/C12H9Br2N3O3S.Na/c13-10-5-8(6-11(14)12(10)15)17-16-7-1-3-9(4-2-7)21(18,19)20;/h1-6H,15H2,(H,18,19,20);/q;+1/p-1. The fourth-order valence-electron chi connectivity index (χ4n) is 1.42. The van der Waals surface area contributed by atoms with Crippen molar-refractivity contribution in [3.05, 3.63) is 45.3 Å². The van der Waals surface area contributed by atoms with Crippen LogP contribution in [0.1, 0.15) is 0 Å². The van der Waals surface area contributed by atoms with Gasteiger partial charge in [-0.25, -0.2) is 8.42 Å². The van der Waals surface area contributed by atoms with Crippen LogP contribution in [0.5, 0.6) is 0 Å². The average Bonchev–Trinajstić information content (AvgIpc) is 2.42. The van der Waals surface area contributed by atoms with Gasteiger partial charge in [0.2, 0.25) is 0 Å². The third-order valence-electron chi connectivity index (χ3n) is 2.47. The van der Waals surface area contributed by atoms with Crippen molar-refractivity contribution in [2.75, 3.05) is 5.73 Å². The zero-order valence-electron chi connectivity index (χ0n) is 11.3. The number of halogens is 2. The molecule has 0 atom stereocenters. The Hall–Kier alpha value is -0.290. The van der Waals surface area contributed by atoms with Crippen LogP contribution in [-0.4, -0.2) is 13.0 Å². The van der Waals surface area contributed by atoms with Crippen LogP contribution in [0.3, 0.4) is 0 Å². The molecule has 0 fully saturated rings. The van der Waals surface area contributed by atoms with Crippen molar-refractivity contribution in [3.63, 3.8) is 0 Å². The first kappa shape index (κ1) is 19.8. The van der Waals surface area contributed by atoms with Gasteiger partial charge in [-0.3, -0.25) is 0 Å². The molecule has 110 valence electrons. The van der Waals surface area contributed by atoms with E-state index in [9.17, 15) is 13.0 Å². The fourth-order valence-corrected chi connectivity index (χ4v) is 3.06. The topological polar surface area (TPSA) is 108 Å². The first-order valence-electron chi connectivity index (χ1n) is 5.49. The molecule has 0 saturated carbocycles. The third-order valence-corrected chi connectivity index (χ3v) is 4.63. The molecule has 0 aliphatic rings. The van der Waals surface area contributed by atoms with E-state index in [0.717, 1.165) is 0 Å². The average molecular weight is 457 g/mol. The van der Waals surface area contributed by atoms with Gasteiger partial charge < -0.3 is 10.3 Å². The van der Waals surface area contributed by atoms with Crippen LogP contribution in [0.15, 0.2) is 60.5 Å². The molecule has 0 heterocycles. The van der Waals surface area contributed by atoms with Gasteiger partial charge in [-0.2, -0.15) is 10.2 Å². The van der Waals surface area contributed by atoms with Crippen molar-refractivity contribution >= 4 is 59.0 Å². The predicted molar refractivity (Wildman–Crippen MR) is 84.8 cm³/mol. The second kappa shape index (κ2) is 8.00. The molecule has 0 aliphatic heterocycles. The van der Waals surface area contributed by atoms with Crippen LogP contribution in [0.25, 0.3) is 0 Å². The summed E-state index contributed by atoms with van der Waals surface area (Å²) in [4.78, 5) is -0.306. The Kier molecular flexibility index (Phi) is 7.19. The number of azo groups is 1. The van der Waals surface area contributed by atoms with Gasteiger partial charge >= 0.3 is 29.6 Å². The van der Waals surface area contributed by atoms with Gasteiger partial charge in [0.15, 0.2) is 0 Å². The maximum absolute atomic E-state index is 10.8. The van der Waals surface area contributed by atoms with E-state index in [0.29, 0.717) is 26.0 Å². The van der Waals surface area contributed by atoms with Crippen molar-refractivity contribution < 1.29 is 42.5 Å². The Bertz CT molecular complexity index is 788. The Morgan fingerprint density at radius 3 is 1.86 bits per heavy atom. The number of anilines is 1. The van der Waals surface area contributed by atoms with E-state index in [1.165, 1.54) is 24.3 Å². The minimum atomic E-state index is -4.45. The van der Waals surface area contributed by atoms with Gasteiger partial charge in [0, 0.05) is 8.95 Å². The van der Waals surface area contributed by atoms with Gasteiger partial charge in [0.1, 0.15) is 10.1 Å². The van der Waals surface area contributed by atoms with Crippen LogP contribution in [-0.2, 0) is 10.1 Å². The Morgan fingerprint density at radius 2 is 1.41 bits per heavy atom. The molecular weight excluding hydrogens is 449 g/mol. The quantitative estimate of drug-likeness (QED) is 0.323. The molecule has 10 heteroatoms. The first-order chi connectivity index (χ1) is 9.77. The van der Waals surface area contributed by atoms with Crippen LogP contribution in [0.4, 0.5) is 17.1 Å². The van der Waals surface area contributed by atoms with Crippen molar-refractivity contribution in [2.45, 2.75) is 4.90 Å². The molecule has 0 radical (unpaired) electrons. The molecule has 0 aliphatic carbocycles. The van der Waals surface area contributed by atoms with Gasteiger partial charge in [-0.1, -0.05) is 0 Å². The van der Waals surface area contributed by atoms with Crippen molar-refractivity contribution in [2.24, 2.45) is 10.2 Å². The Labute approximate surface area is 166 Å². The summed E-state index contributed by atoms with van der Waals surface area (Å²) in [6.45, 7) is 0. The summed E-state index contributed by atoms with van der Waals surface area (Å²) < 4.78 is 33.8. The van der Waals surface area contributed by atoms with Gasteiger partial charge in [0.05, 0.1) is 22.0 Å². The van der Waals surface area contributed by atoms with E-state index in [4.69, 9.17) is 5.73 Å². The molecule has 6 nitrogen and oxygen atoms in total. The number of hydrogen-bond donors (Lipinski definition) is 1. The van der Waals surface area contributed by atoms with E-state index in [2.05, 4.69) is 42.1 Å². The molecule has 0 amide bonds. The number of nitrogens with zero attached hydrogens (tertiary/aromatic N) is 2. The molecule has 22 heavy (non-hydrogen) atoms. The largest absolute Gasteiger partial charge is 1.00 e. The van der Waals surface area contributed by atoms with E-state index >= 15 is 0 Å². The second-order valence-electron chi connectivity index (χ2n) is 3.97. The molecule has 0 spiro atoms. The summed E-state index contributed by atoms with van der Waals surface area (Å²) in [6, 6.07) is 8.56. The normalized spacial score (nSPS) is 11.4. The van der Waals surface area contributed by atoms with Crippen molar-refractivity contribution in [3.8, 4) is 0 Å². The zero-order chi connectivity index (χ0) is 15.6. The fraction of sp³-hybridized carbons (Fsp3) is 0. The summed E-state index contributed by atoms with van der Waals surface area (Å²) in [7, 11) is -4.45. The van der Waals surface area contributed by atoms with E-state index in [-0.39, 0.29) is 34.5 Å². The molecule has 0 aromatic heterocycles. The van der Waals surface area contributed by atoms with E-state index < -0.39 is 10.1 Å². The minimum absolute atomic E-state index is 0. The molecule has 0 saturated heterocycles.